The smallest absolute Gasteiger partial charge is 0.300 e. The van der Waals surface area contributed by atoms with Gasteiger partial charge in [-0.2, -0.15) is 8.78 Å². The first-order valence-electron chi connectivity index (χ1n) is 11.4. The molecule has 2 saturated heterocycles. The monoisotopic (exact) mass is 524 g/mol. The van der Waals surface area contributed by atoms with Crippen LogP contribution in [0.5, 0.6) is 0 Å². The molecule has 2 unspecified atom stereocenters. The van der Waals surface area contributed by atoms with Crippen molar-refractivity contribution < 1.29 is 41.4 Å². The highest BCUT2D eigenvalue weighted by atomic mass is 31.2. The van der Waals surface area contributed by atoms with Crippen LogP contribution in [0.2, 0.25) is 0 Å². The van der Waals surface area contributed by atoms with E-state index in [9.17, 15) is 9.13 Å². The van der Waals surface area contributed by atoms with Crippen LogP contribution in [0, 0.1) is 0 Å². The summed E-state index contributed by atoms with van der Waals surface area (Å²) in [5.74, 6) is -0.992. The van der Waals surface area contributed by atoms with Gasteiger partial charge >= 0.3 is 0 Å². The van der Waals surface area contributed by atoms with Gasteiger partial charge in [-0.15, -0.1) is 0 Å². The van der Waals surface area contributed by atoms with Crippen molar-refractivity contribution in [2.45, 2.75) is 75.8 Å². The Kier molecular flexibility index (Phi) is 8.22. The van der Waals surface area contributed by atoms with Crippen molar-refractivity contribution >= 4 is 14.5 Å². The number of fused-ring (bicyclic) bond motifs is 1. The highest BCUT2D eigenvalue weighted by molar-refractivity contribution is 7.63. The number of rotatable bonds is 11. The van der Waals surface area contributed by atoms with Gasteiger partial charge in [0, 0.05) is 12.8 Å². The van der Waals surface area contributed by atoms with Gasteiger partial charge in [0.1, 0.15) is 25.0 Å². The lowest BCUT2D eigenvalue weighted by Crippen LogP contribution is -2.50. The number of hydrogen-bond acceptors (Lipinski definition) is 7. The molecule has 11 heteroatoms. The van der Waals surface area contributed by atoms with E-state index in [4.69, 9.17) is 23.5 Å². The van der Waals surface area contributed by atoms with E-state index in [-0.39, 0.29) is 25.8 Å². The van der Waals surface area contributed by atoms with Gasteiger partial charge in [-0.25, -0.2) is 0 Å². The molecule has 0 saturated carbocycles. The van der Waals surface area contributed by atoms with Crippen molar-refractivity contribution in [3.63, 3.8) is 0 Å². The highest BCUT2D eigenvalue weighted by Crippen LogP contribution is 2.61. The molecular formula is C23H36F2O7P2. The summed E-state index contributed by atoms with van der Waals surface area (Å²) in [6.45, 7) is 9.07. The number of hydrogen-bond donors (Lipinski definition) is 0. The minimum absolute atomic E-state index is 0.0112. The van der Waals surface area contributed by atoms with Crippen molar-refractivity contribution in [2.24, 2.45) is 0 Å². The second-order valence-electron chi connectivity index (χ2n) is 9.97. The van der Waals surface area contributed by atoms with Gasteiger partial charge in [0.05, 0.1) is 19.6 Å². The third kappa shape index (κ3) is 6.36. The third-order valence-corrected chi connectivity index (χ3v) is 9.75. The van der Waals surface area contributed by atoms with Gasteiger partial charge in [-0.1, -0.05) is 30.3 Å². The molecule has 7 nitrogen and oxygen atoms in total. The first kappa shape index (κ1) is 27.9. The second kappa shape index (κ2) is 10.0. The molecule has 2 fully saturated rings. The SMILES string of the molecule is CCOP(C)(=O)CC[C@]1(CC(F)(F)P(C)(C)=O)O[C@@H]2OC(C)(C)O[C@H]2C1OCc1ccccc1. The molecular weight excluding hydrogens is 488 g/mol. The first-order valence-corrected chi connectivity index (χ1v) is 16.3. The summed E-state index contributed by atoms with van der Waals surface area (Å²) >= 11 is 0. The molecule has 34 heavy (non-hydrogen) atoms. The normalized spacial score (nSPS) is 30.8. The fraction of sp³-hybridized carbons (Fsp3) is 0.739. The standard InChI is InChI=1S/C23H36F2O7P2/c1-7-29-34(6,27)14-13-22(16-23(24,25)33(4,5)26)19(28-15-17-11-9-8-10-12-17)18-20(32-22)31-21(2,3)30-18/h8-12,18-20H,7,13-16H2,1-6H3/t18-,19?,20-,22+,34?/m0/s1. The molecule has 0 amide bonds. The van der Waals surface area contributed by atoms with Crippen molar-refractivity contribution in [1.29, 1.82) is 0 Å². The summed E-state index contributed by atoms with van der Waals surface area (Å²) in [4.78, 5) is 0. The van der Waals surface area contributed by atoms with Crippen molar-refractivity contribution in [1.82, 2.24) is 0 Å². The summed E-state index contributed by atoms with van der Waals surface area (Å²) in [5, 5.41) is 0. The summed E-state index contributed by atoms with van der Waals surface area (Å²) in [6.07, 6.45) is -3.67. The van der Waals surface area contributed by atoms with Crippen LogP contribution in [0.1, 0.15) is 39.2 Å². The minimum atomic E-state index is -3.85. The minimum Gasteiger partial charge on any atom is -0.368 e. The van der Waals surface area contributed by atoms with E-state index >= 15 is 8.78 Å². The van der Waals surface area contributed by atoms with Crippen LogP contribution >= 0.6 is 14.5 Å². The van der Waals surface area contributed by atoms with E-state index in [1.807, 2.05) is 30.3 Å². The van der Waals surface area contributed by atoms with Crippen LogP contribution in [0.15, 0.2) is 30.3 Å². The largest absolute Gasteiger partial charge is 0.368 e. The summed E-state index contributed by atoms with van der Waals surface area (Å²) in [6, 6.07) is 9.30. The van der Waals surface area contributed by atoms with E-state index in [0.29, 0.717) is 0 Å². The lowest BCUT2D eigenvalue weighted by Gasteiger charge is -2.40. The van der Waals surface area contributed by atoms with Crippen LogP contribution in [0.25, 0.3) is 0 Å². The van der Waals surface area contributed by atoms with Crippen molar-refractivity contribution in [3.8, 4) is 0 Å². The van der Waals surface area contributed by atoms with Gasteiger partial charge in [0.25, 0.3) is 5.66 Å². The lowest BCUT2D eigenvalue weighted by atomic mass is 9.88. The van der Waals surface area contributed by atoms with Gasteiger partial charge in [0.15, 0.2) is 19.4 Å². The molecule has 5 atom stereocenters. The number of ether oxygens (including phenoxy) is 4. The molecule has 0 radical (unpaired) electrons. The number of halogens is 2. The zero-order valence-electron chi connectivity index (χ0n) is 20.7. The van der Waals surface area contributed by atoms with Gasteiger partial charge in [-0.05, 0) is 46.1 Å². The van der Waals surface area contributed by atoms with Crippen LogP contribution in [-0.2, 0) is 39.2 Å². The highest BCUT2D eigenvalue weighted by Gasteiger charge is 2.66. The van der Waals surface area contributed by atoms with E-state index in [1.165, 1.54) is 6.66 Å². The molecule has 1 aromatic rings. The van der Waals surface area contributed by atoms with Gasteiger partial charge in [-0.3, -0.25) is 4.57 Å². The van der Waals surface area contributed by atoms with E-state index in [1.54, 1.807) is 20.8 Å². The predicted molar refractivity (Wildman–Crippen MR) is 126 cm³/mol. The Morgan fingerprint density at radius 3 is 2.29 bits per heavy atom. The molecule has 2 heterocycles. The van der Waals surface area contributed by atoms with Gasteiger partial charge in [0.2, 0.25) is 0 Å². The van der Waals surface area contributed by atoms with E-state index in [2.05, 4.69) is 0 Å². The zero-order valence-corrected chi connectivity index (χ0v) is 22.5. The predicted octanol–water partition coefficient (Wildman–Crippen LogP) is 5.76. The maximum Gasteiger partial charge on any atom is 0.300 e. The number of benzene rings is 1. The maximum absolute atomic E-state index is 15.3. The maximum atomic E-state index is 15.3. The Bertz CT molecular complexity index is 937. The van der Waals surface area contributed by atoms with Crippen molar-refractivity contribution in [3.05, 3.63) is 35.9 Å². The fourth-order valence-electron chi connectivity index (χ4n) is 4.37. The molecule has 2 aliphatic rings. The Morgan fingerprint density at radius 1 is 1.06 bits per heavy atom. The summed E-state index contributed by atoms with van der Waals surface area (Å²) < 4.78 is 85.6. The van der Waals surface area contributed by atoms with E-state index in [0.717, 1.165) is 18.9 Å². The quantitative estimate of drug-likeness (QED) is 0.341. The van der Waals surface area contributed by atoms with Crippen LogP contribution in [-0.4, -0.2) is 68.3 Å². The molecule has 2 aliphatic heterocycles. The Hall–Kier alpha value is -0.660. The molecule has 194 valence electrons. The fourth-order valence-corrected chi connectivity index (χ4v) is 6.48. The average molecular weight is 524 g/mol. The van der Waals surface area contributed by atoms with Crippen LogP contribution in [0.3, 0.4) is 0 Å². The van der Waals surface area contributed by atoms with E-state index < -0.39 is 56.5 Å². The molecule has 3 rings (SSSR count). The topological polar surface area (TPSA) is 80.3 Å². The first-order chi connectivity index (χ1) is 15.6. The molecule has 0 aliphatic carbocycles. The Labute approximate surface area is 200 Å². The van der Waals surface area contributed by atoms with Crippen LogP contribution < -0.4 is 0 Å². The molecule has 0 bridgehead atoms. The van der Waals surface area contributed by atoms with Gasteiger partial charge < -0.3 is 28.0 Å². The Balaban J connectivity index is 1.98. The lowest BCUT2D eigenvalue weighted by molar-refractivity contribution is -0.253. The molecule has 1 aromatic carbocycles. The summed E-state index contributed by atoms with van der Waals surface area (Å²) in [5.41, 5.74) is -4.34. The Morgan fingerprint density at radius 2 is 1.71 bits per heavy atom. The van der Waals surface area contributed by atoms with Crippen LogP contribution in [0.4, 0.5) is 8.78 Å². The van der Waals surface area contributed by atoms with Crippen molar-refractivity contribution in [2.75, 3.05) is 32.8 Å². The molecule has 0 aromatic heterocycles. The zero-order chi connectivity index (χ0) is 25.4. The number of alkyl halides is 2. The molecule has 0 spiro atoms. The third-order valence-electron chi connectivity index (χ3n) is 6.17. The molecule has 0 N–H and O–H groups in total. The summed E-state index contributed by atoms with van der Waals surface area (Å²) in [7, 11) is -6.93. The second-order valence-corrected chi connectivity index (χ2v) is 16.1. The average Bonchev–Trinajstić information content (AvgIpc) is 3.13.